The summed E-state index contributed by atoms with van der Waals surface area (Å²) in [6.45, 7) is 0.988. The summed E-state index contributed by atoms with van der Waals surface area (Å²) < 4.78 is 39.0. The number of ether oxygens (including phenoxy) is 2. The molecule has 0 bridgehead atoms. The van der Waals surface area contributed by atoms with Crippen molar-refractivity contribution in [1.29, 1.82) is 0 Å². The first-order chi connectivity index (χ1) is 25.5. The molecular formula is C38H40Cl3F2N3O7. The van der Waals surface area contributed by atoms with E-state index in [2.05, 4.69) is 4.84 Å². The van der Waals surface area contributed by atoms with Crippen molar-refractivity contribution < 1.29 is 43.1 Å². The van der Waals surface area contributed by atoms with Gasteiger partial charge in [-0.15, -0.1) is 0 Å². The van der Waals surface area contributed by atoms with Crippen molar-refractivity contribution in [3.05, 3.63) is 104 Å². The predicted octanol–water partition coefficient (Wildman–Crippen LogP) is 8.91. The van der Waals surface area contributed by atoms with Crippen molar-refractivity contribution in [2.45, 2.75) is 64.0 Å². The van der Waals surface area contributed by atoms with Crippen LogP contribution in [0.4, 0.5) is 13.6 Å². The highest BCUT2D eigenvalue weighted by Crippen LogP contribution is 2.59. The van der Waals surface area contributed by atoms with Crippen molar-refractivity contribution in [2.24, 2.45) is 5.41 Å². The molecule has 0 unspecified atom stereocenters. The Balaban J connectivity index is 1.22. The maximum atomic E-state index is 14.7. The molecule has 53 heavy (non-hydrogen) atoms. The second kappa shape index (κ2) is 17.3. The molecule has 1 spiro atoms. The Morgan fingerprint density at radius 3 is 2.30 bits per heavy atom. The van der Waals surface area contributed by atoms with Crippen LogP contribution in [0.3, 0.4) is 0 Å². The molecule has 3 aromatic rings. The molecular weight excluding hydrogens is 755 g/mol. The molecule has 1 aliphatic heterocycles. The summed E-state index contributed by atoms with van der Waals surface area (Å²) in [6, 6.07) is 15.3. The maximum Gasteiger partial charge on any atom is 0.410 e. The number of halogens is 5. The van der Waals surface area contributed by atoms with Gasteiger partial charge in [0.15, 0.2) is 11.6 Å². The fourth-order valence-corrected chi connectivity index (χ4v) is 7.33. The van der Waals surface area contributed by atoms with Gasteiger partial charge in [0, 0.05) is 30.1 Å². The lowest BCUT2D eigenvalue weighted by Crippen LogP contribution is -2.46. The first-order valence-corrected chi connectivity index (χ1v) is 18.7. The Bertz CT molecular complexity index is 1840. The van der Waals surface area contributed by atoms with Gasteiger partial charge < -0.3 is 19.3 Å². The van der Waals surface area contributed by atoms with Crippen LogP contribution in [-0.2, 0) is 27.3 Å². The zero-order chi connectivity index (χ0) is 37.7. The van der Waals surface area contributed by atoms with E-state index in [1.54, 1.807) is 17.0 Å². The molecule has 2 N–H and O–H groups in total. The molecule has 284 valence electrons. The molecule has 3 aliphatic rings. The average molecular weight is 795 g/mol. The molecule has 1 heterocycles. The van der Waals surface area contributed by atoms with Gasteiger partial charge in [-0.1, -0.05) is 71.2 Å². The molecule has 0 radical (unpaired) electrons. The summed E-state index contributed by atoms with van der Waals surface area (Å²) in [5.74, 6) is -1.95. The molecule has 2 fully saturated rings. The topological polar surface area (TPSA) is 112 Å². The van der Waals surface area contributed by atoms with Crippen LogP contribution in [0.25, 0.3) is 5.57 Å². The summed E-state index contributed by atoms with van der Waals surface area (Å²) in [5.41, 5.74) is 3.66. The fraction of sp³-hybridized carbons (Fsp3) is 0.421. The van der Waals surface area contributed by atoms with E-state index in [0.717, 1.165) is 60.1 Å². The average Bonchev–Trinajstić information content (AvgIpc) is 4.09. The smallest absolute Gasteiger partial charge is 0.410 e. The lowest BCUT2D eigenvalue weighted by atomic mass is 9.81. The lowest BCUT2D eigenvalue weighted by molar-refractivity contribution is -0.492. The van der Waals surface area contributed by atoms with Gasteiger partial charge in [0.2, 0.25) is 0 Å². The number of rotatable bonds is 16. The Hall–Kier alpha value is -3.49. The van der Waals surface area contributed by atoms with E-state index in [0.29, 0.717) is 47.8 Å². The Morgan fingerprint density at radius 2 is 1.60 bits per heavy atom. The van der Waals surface area contributed by atoms with Crippen molar-refractivity contribution in [1.82, 2.24) is 15.2 Å². The Kier molecular flexibility index (Phi) is 12.8. The second-order valence-electron chi connectivity index (χ2n) is 13.6. The lowest BCUT2D eigenvalue weighted by Gasteiger charge is -2.38. The number of hydrogen-bond donors (Lipinski definition) is 2. The minimum Gasteiger partial charge on any atom is -0.489 e. The van der Waals surface area contributed by atoms with Gasteiger partial charge in [-0.25, -0.2) is 13.6 Å². The minimum absolute atomic E-state index is 0.0279. The van der Waals surface area contributed by atoms with Crippen LogP contribution in [0.1, 0.15) is 61.6 Å². The highest BCUT2D eigenvalue weighted by molar-refractivity contribution is 6.42. The summed E-state index contributed by atoms with van der Waals surface area (Å²) in [6.07, 6.45) is 4.76. The zero-order valence-electron chi connectivity index (χ0n) is 28.8. The van der Waals surface area contributed by atoms with Crippen molar-refractivity contribution in [3.8, 4) is 5.75 Å². The molecule has 6 rings (SSSR count). The molecule has 0 saturated heterocycles. The highest BCUT2D eigenvalue weighted by Gasteiger charge is 2.54. The van der Waals surface area contributed by atoms with E-state index < -0.39 is 23.1 Å². The van der Waals surface area contributed by atoms with Crippen molar-refractivity contribution >= 4 is 52.4 Å². The van der Waals surface area contributed by atoms with Crippen LogP contribution in [-0.4, -0.2) is 76.6 Å². The third-order valence-corrected chi connectivity index (χ3v) is 10.9. The standard InChI is InChI=1S/C38H40Cl3F2N3O7/c39-29-7-3-6-26(33(29)40)21-45(27-12-13-27)36(47)28-22-44(37(48)52-18-1-2-20-53-46(49)50)23-38(16-17-38)32(28)25-10-8-24(9-11-25)5-4-19-51-35-31(43)15-14-30(42)34(35)41/h3,6-11,14-15,27,49-50H,1-2,4-5,12-13,16-23H2. The van der Waals surface area contributed by atoms with E-state index in [9.17, 15) is 18.4 Å². The largest absolute Gasteiger partial charge is 0.489 e. The first-order valence-electron chi connectivity index (χ1n) is 17.5. The SMILES string of the molecule is O=C(OCCCCON(O)O)N1CC(C(=O)N(Cc2cccc(Cl)c2Cl)C2CC2)=C(c2ccc(CCCOc3c(F)ccc(F)c3Cl)cc2)C2(CC2)C1. The van der Waals surface area contributed by atoms with Gasteiger partial charge in [-0.3, -0.25) is 20.0 Å². The highest BCUT2D eigenvalue weighted by atomic mass is 35.5. The van der Waals surface area contributed by atoms with Gasteiger partial charge in [-0.05, 0) is 91.8 Å². The number of unbranched alkanes of at least 4 members (excludes halogenated alkanes) is 1. The van der Waals surface area contributed by atoms with Crippen LogP contribution in [0.5, 0.6) is 5.75 Å². The van der Waals surface area contributed by atoms with E-state index in [-0.39, 0.29) is 61.0 Å². The monoisotopic (exact) mass is 793 g/mol. The summed E-state index contributed by atoms with van der Waals surface area (Å²) in [5, 5.41) is 17.4. The number of aryl methyl sites for hydroxylation is 1. The molecule has 0 atom stereocenters. The number of carbonyl (C=O) groups is 2. The molecule has 2 aliphatic carbocycles. The van der Waals surface area contributed by atoms with E-state index in [1.165, 1.54) is 0 Å². The second-order valence-corrected chi connectivity index (χ2v) is 14.8. The summed E-state index contributed by atoms with van der Waals surface area (Å²) in [4.78, 5) is 36.2. The van der Waals surface area contributed by atoms with Crippen LogP contribution in [0.2, 0.25) is 15.1 Å². The molecule has 2 saturated carbocycles. The molecule has 3 aromatic carbocycles. The molecule has 2 amide bonds. The van der Waals surface area contributed by atoms with Gasteiger partial charge in [0.05, 0.1) is 41.8 Å². The van der Waals surface area contributed by atoms with Gasteiger partial charge in [-0.2, -0.15) is 0 Å². The van der Waals surface area contributed by atoms with E-state index in [1.807, 2.05) is 35.2 Å². The predicted molar refractivity (Wildman–Crippen MR) is 194 cm³/mol. The van der Waals surface area contributed by atoms with Crippen molar-refractivity contribution in [2.75, 3.05) is 32.9 Å². The third kappa shape index (κ3) is 9.61. The molecule has 0 aromatic heterocycles. The minimum atomic E-state index is -0.753. The number of nitrogens with zero attached hydrogens (tertiary/aromatic N) is 3. The molecule has 10 nitrogen and oxygen atoms in total. The van der Waals surface area contributed by atoms with Crippen LogP contribution < -0.4 is 4.74 Å². The summed E-state index contributed by atoms with van der Waals surface area (Å²) >= 11 is 18.8. The normalized spacial score (nSPS) is 16.3. The number of amides is 2. The first kappa shape index (κ1) is 39.2. The van der Waals surface area contributed by atoms with Gasteiger partial charge >= 0.3 is 6.09 Å². The van der Waals surface area contributed by atoms with Crippen LogP contribution >= 0.6 is 34.8 Å². The zero-order valence-corrected chi connectivity index (χ0v) is 31.1. The van der Waals surface area contributed by atoms with Crippen LogP contribution in [0.15, 0.2) is 60.2 Å². The Labute approximate surface area is 321 Å². The molecule has 15 heteroatoms. The maximum absolute atomic E-state index is 14.7. The number of benzene rings is 3. The van der Waals surface area contributed by atoms with Gasteiger partial charge in [0.25, 0.3) is 5.91 Å². The van der Waals surface area contributed by atoms with Gasteiger partial charge in [0.1, 0.15) is 10.8 Å². The van der Waals surface area contributed by atoms with E-state index >= 15 is 0 Å². The van der Waals surface area contributed by atoms with Crippen molar-refractivity contribution in [3.63, 3.8) is 0 Å². The summed E-state index contributed by atoms with van der Waals surface area (Å²) in [7, 11) is 0. The number of carbonyl (C=O) groups excluding carboxylic acids is 2. The quantitative estimate of drug-likeness (QED) is 0.0841. The number of hydrogen-bond acceptors (Lipinski definition) is 8. The third-order valence-electron chi connectivity index (χ3n) is 9.74. The van der Waals surface area contributed by atoms with E-state index in [4.69, 9.17) is 54.7 Å². The Morgan fingerprint density at radius 1 is 0.887 bits per heavy atom. The fourth-order valence-electron chi connectivity index (χ4n) is 6.74. The van der Waals surface area contributed by atoms with Crippen LogP contribution in [0, 0.1) is 17.0 Å².